The summed E-state index contributed by atoms with van der Waals surface area (Å²) in [5.74, 6) is 0.920. The Labute approximate surface area is 192 Å². The molecular weight excluding hydrogens is 420 g/mol. The predicted octanol–water partition coefficient (Wildman–Crippen LogP) is 4.49. The average molecular weight is 447 g/mol. The van der Waals surface area contributed by atoms with Gasteiger partial charge in [-0.3, -0.25) is 0 Å². The molecule has 0 aliphatic carbocycles. The van der Waals surface area contributed by atoms with Gasteiger partial charge in [-0.2, -0.15) is 0 Å². The van der Waals surface area contributed by atoms with Crippen LogP contribution in [0, 0.1) is 6.92 Å². The molecule has 1 heterocycles. The molecule has 33 heavy (non-hydrogen) atoms. The number of hydrogen-bond acceptors (Lipinski definition) is 5. The first-order valence-electron chi connectivity index (χ1n) is 10.7. The first-order chi connectivity index (χ1) is 16.0. The summed E-state index contributed by atoms with van der Waals surface area (Å²) in [5.41, 5.74) is 3.74. The number of methoxy groups -OCH3 is 1. The maximum Gasteiger partial charge on any atom is 0.339 e. The number of benzene rings is 3. The molecule has 0 saturated carbocycles. The minimum absolute atomic E-state index is 0.195. The van der Waals surface area contributed by atoms with Gasteiger partial charge in [0.05, 0.1) is 18.4 Å². The van der Waals surface area contributed by atoms with E-state index in [0.29, 0.717) is 29.8 Å². The van der Waals surface area contributed by atoms with Gasteiger partial charge in [0.1, 0.15) is 0 Å². The smallest absolute Gasteiger partial charge is 0.339 e. The van der Waals surface area contributed by atoms with Crippen LogP contribution in [0.2, 0.25) is 0 Å². The predicted molar refractivity (Wildman–Crippen MR) is 125 cm³/mol. The Kier molecular flexibility index (Phi) is 6.78. The lowest BCUT2D eigenvalue weighted by Gasteiger charge is -2.20. The molecule has 1 atom stereocenters. The maximum absolute atomic E-state index is 12.9. The van der Waals surface area contributed by atoms with Gasteiger partial charge in [0.15, 0.2) is 11.5 Å². The average Bonchev–Trinajstić information content (AvgIpc) is 3.27. The number of esters is 1. The number of nitrogens with one attached hydrogen (secondary N) is 2. The van der Waals surface area contributed by atoms with Crippen LogP contribution in [0.3, 0.4) is 0 Å². The number of fused-ring (bicyclic) bond motifs is 1. The van der Waals surface area contributed by atoms with Gasteiger partial charge in [-0.05, 0) is 60.7 Å². The van der Waals surface area contributed by atoms with Gasteiger partial charge < -0.3 is 24.8 Å². The molecule has 1 aliphatic rings. The Hall–Kier alpha value is -4.00. The zero-order chi connectivity index (χ0) is 23.2. The van der Waals surface area contributed by atoms with Gasteiger partial charge in [-0.25, -0.2) is 9.59 Å². The Balaban J connectivity index is 1.52. The number of amides is 2. The number of anilines is 1. The highest BCUT2D eigenvalue weighted by molar-refractivity contribution is 6.01. The number of hydrogen-bond donors (Lipinski definition) is 2. The van der Waals surface area contributed by atoms with E-state index in [4.69, 9.17) is 14.2 Å². The van der Waals surface area contributed by atoms with Crippen molar-refractivity contribution < 1.29 is 23.8 Å². The topological polar surface area (TPSA) is 85.9 Å². The van der Waals surface area contributed by atoms with Crippen molar-refractivity contribution in [2.24, 2.45) is 0 Å². The van der Waals surface area contributed by atoms with Crippen LogP contribution in [0.1, 0.15) is 27.0 Å². The fourth-order valence-corrected chi connectivity index (χ4v) is 3.82. The fraction of sp³-hybridized carbons (Fsp3) is 0.231. The van der Waals surface area contributed by atoms with Crippen molar-refractivity contribution in [3.63, 3.8) is 0 Å². The summed E-state index contributed by atoms with van der Waals surface area (Å²) in [4.78, 5) is 25.1. The lowest BCUT2D eigenvalue weighted by atomic mass is 9.98. The largest absolute Gasteiger partial charge is 0.465 e. The molecule has 0 aromatic heterocycles. The summed E-state index contributed by atoms with van der Waals surface area (Å²) < 4.78 is 15.7. The van der Waals surface area contributed by atoms with Gasteiger partial charge in [-0.1, -0.05) is 42.5 Å². The third-order valence-electron chi connectivity index (χ3n) is 5.41. The van der Waals surface area contributed by atoms with Gasteiger partial charge in [0.25, 0.3) is 0 Å². The Morgan fingerprint density at radius 2 is 1.70 bits per heavy atom. The van der Waals surface area contributed by atoms with E-state index in [2.05, 4.69) is 10.6 Å². The molecule has 170 valence electrons. The van der Waals surface area contributed by atoms with Crippen LogP contribution < -0.4 is 20.1 Å². The van der Waals surface area contributed by atoms with Gasteiger partial charge in [0.2, 0.25) is 6.79 Å². The summed E-state index contributed by atoms with van der Waals surface area (Å²) in [6.45, 7) is 2.11. The van der Waals surface area contributed by atoms with Crippen LogP contribution >= 0.6 is 0 Å². The van der Waals surface area contributed by atoms with E-state index >= 15 is 0 Å². The normalized spacial score (nSPS) is 12.7. The number of aryl methyl sites for hydroxylation is 1. The molecule has 0 fully saturated rings. The molecule has 2 amide bonds. The first-order valence-corrected chi connectivity index (χ1v) is 10.7. The summed E-state index contributed by atoms with van der Waals surface area (Å²) in [6.07, 6.45) is 1.23. The van der Waals surface area contributed by atoms with E-state index in [9.17, 15) is 9.59 Å². The van der Waals surface area contributed by atoms with Crippen molar-refractivity contribution in [2.75, 3.05) is 19.2 Å². The molecular formula is C26H26N2O5. The van der Waals surface area contributed by atoms with Crippen molar-refractivity contribution in [1.82, 2.24) is 5.32 Å². The van der Waals surface area contributed by atoms with Gasteiger partial charge in [-0.15, -0.1) is 0 Å². The molecule has 0 radical (unpaired) electrons. The van der Waals surface area contributed by atoms with Crippen LogP contribution in [0.15, 0.2) is 66.7 Å². The lowest BCUT2D eigenvalue weighted by Crippen LogP contribution is -2.41. The highest BCUT2D eigenvalue weighted by Gasteiger charge is 2.19. The highest BCUT2D eigenvalue weighted by atomic mass is 16.7. The second kappa shape index (κ2) is 10.1. The molecule has 0 unspecified atom stereocenters. The zero-order valence-electron chi connectivity index (χ0n) is 18.6. The highest BCUT2D eigenvalue weighted by Crippen LogP contribution is 2.33. The van der Waals surface area contributed by atoms with Crippen molar-refractivity contribution in [3.05, 3.63) is 89.0 Å². The first kappa shape index (κ1) is 22.2. The van der Waals surface area contributed by atoms with Crippen LogP contribution in [0.5, 0.6) is 11.5 Å². The van der Waals surface area contributed by atoms with Crippen molar-refractivity contribution in [2.45, 2.75) is 25.8 Å². The van der Waals surface area contributed by atoms with Crippen LogP contribution in [-0.2, 0) is 17.6 Å². The van der Waals surface area contributed by atoms with Crippen molar-refractivity contribution >= 4 is 17.7 Å². The van der Waals surface area contributed by atoms with Crippen molar-refractivity contribution in [3.8, 4) is 11.5 Å². The number of urea groups is 1. The van der Waals surface area contributed by atoms with E-state index in [1.54, 1.807) is 18.2 Å². The Morgan fingerprint density at radius 1 is 0.939 bits per heavy atom. The van der Waals surface area contributed by atoms with Crippen LogP contribution in [0.4, 0.5) is 10.5 Å². The van der Waals surface area contributed by atoms with E-state index in [-0.39, 0.29) is 12.8 Å². The van der Waals surface area contributed by atoms with Crippen LogP contribution in [0.25, 0.3) is 0 Å². The fourth-order valence-electron chi connectivity index (χ4n) is 3.82. The minimum Gasteiger partial charge on any atom is -0.465 e. The minimum atomic E-state index is -0.508. The Bertz CT molecular complexity index is 1150. The Morgan fingerprint density at radius 3 is 2.48 bits per heavy atom. The molecule has 2 N–H and O–H groups in total. The number of carbonyl (C=O) groups is 2. The molecule has 1 aliphatic heterocycles. The SMILES string of the molecule is COC(=O)c1ccc(C)cc1NC(=O)N[C@@H](Cc1ccccc1)Cc1ccc2c(c1)OCO2. The molecule has 0 bridgehead atoms. The molecule has 3 aromatic rings. The van der Waals surface area contributed by atoms with Gasteiger partial charge >= 0.3 is 12.0 Å². The van der Waals surface area contributed by atoms with E-state index in [1.807, 2.05) is 55.5 Å². The van der Waals surface area contributed by atoms with E-state index < -0.39 is 12.0 Å². The number of carbonyl (C=O) groups excluding carboxylic acids is 2. The maximum atomic E-state index is 12.9. The van der Waals surface area contributed by atoms with Gasteiger partial charge in [0, 0.05) is 6.04 Å². The number of ether oxygens (including phenoxy) is 3. The quantitative estimate of drug-likeness (QED) is 0.523. The standard InChI is InChI=1S/C26H26N2O5/c1-17-8-10-21(25(29)31-2)22(12-17)28-26(30)27-20(13-18-6-4-3-5-7-18)14-19-9-11-23-24(15-19)33-16-32-23/h3-12,15,20H,13-14,16H2,1-2H3,(H2,27,28,30)/t20-/m0/s1. The second-order valence-corrected chi connectivity index (χ2v) is 7.92. The molecule has 4 rings (SSSR count). The lowest BCUT2D eigenvalue weighted by molar-refractivity contribution is 0.0602. The zero-order valence-corrected chi connectivity index (χ0v) is 18.6. The summed E-state index contributed by atoms with van der Waals surface area (Å²) >= 11 is 0. The van der Waals surface area contributed by atoms with E-state index in [0.717, 1.165) is 22.4 Å². The van der Waals surface area contributed by atoms with E-state index in [1.165, 1.54) is 7.11 Å². The van der Waals surface area contributed by atoms with Crippen LogP contribution in [-0.4, -0.2) is 31.9 Å². The summed E-state index contributed by atoms with van der Waals surface area (Å²) in [7, 11) is 1.31. The summed E-state index contributed by atoms with van der Waals surface area (Å²) in [6, 6.07) is 20.4. The molecule has 7 nitrogen and oxygen atoms in total. The number of rotatable bonds is 7. The molecule has 0 spiro atoms. The third-order valence-corrected chi connectivity index (χ3v) is 5.41. The van der Waals surface area contributed by atoms with Crippen molar-refractivity contribution in [1.29, 1.82) is 0 Å². The third kappa shape index (κ3) is 5.63. The molecule has 0 saturated heterocycles. The molecule has 7 heteroatoms. The molecule has 3 aromatic carbocycles. The monoisotopic (exact) mass is 446 g/mol. The summed E-state index contributed by atoms with van der Waals surface area (Å²) in [5, 5.41) is 5.87. The second-order valence-electron chi connectivity index (χ2n) is 7.92.